The summed E-state index contributed by atoms with van der Waals surface area (Å²) in [5, 5.41) is 20.2. The molecule has 1 aromatic heterocycles. The Labute approximate surface area is 254 Å². The van der Waals surface area contributed by atoms with Crippen LogP contribution in [-0.4, -0.2) is 27.9 Å². The fourth-order valence-electron chi connectivity index (χ4n) is 3.53. The number of halogens is 5. The fourth-order valence-corrected chi connectivity index (χ4v) is 7.98. The molecule has 232 valence electrons. The first-order valence-corrected chi connectivity index (χ1v) is 16.0. The Hall–Kier alpha value is -4.90. The molecule has 3 aromatic carbocycles. The van der Waals surface area contributed by atoms with E-state index in [0.29, 0.717) is 18.2 Å². The van der Waals surface area contributed by atoms with E-state index in [4.69, 9.17) is 29.8 Å². The van der Waals surface area contributed by atoms with E-state index in [-0.39, 0.29) is 17.9 Å². The molecule has 4 rings (SSSR count). The maximum Gasteiger partial charge on any atom is 0.445 e. The Morgan fingerprint density at radius 1 is 0.933 bits per heavy atom. The van der Waals surface area contributed by atoms with Crippen LogP contribution in [-0.2, 0) is 14.6 Å². The van der Waals surface area contributed by atoms with Gasteiger partial charge in [-0.15, -0.1) is 11.3 Å². The van der Waals surface area contributed by atoms with E-state index < -0.39 is 102 Å². The first kappa shape index (κ1) is 33.0. The molecule has 0 aliphatic rings. The fraction of sp³-hybridized carbons (Fsp3) is 0.120. The molecule has 0 atom stereocenters. The minimum absolute atomic E-state index is 0.156. The minimum atomic E-state index is -4.81. The number of hydrogen-bond donors (Lipinski definition) is 1. The number of hydrogen-bond acceptors (Lipinski definition) is 10. The van der Waals surface area contributed by atoms with Crippen LogP contribution in [0.15, 0.2) is 51.8 Å². The number of nitrogens with zero attached hydrogens (tertiary/aromatic N) is 5. The molecule has 45 heavy (non-hydrogen) atoms. The predicted molar refractivity (Wildman–Crippen MR) is 147 cm³/mol. The lowest BCUT2D eigenvalue weighted by molar-refractivity contribution is 0.289. The predicted octanol–water partition coefficient (Wildman–Crippen LogP) is 6.62. The van der Waals surface area contributed by atoms with Crippen LogP contribution in [0.4, 0.5) is 22.0 Å². The SMILES string of the molecule is N#Cc1ccc(OP(=O)(CNS(=O)(=O)c2cc3c(F)c(F)c(OCCN=[N+]=[N-])c(F)c3s2)Oc2ccc(C#N)c(F)c2)cc1F. The number of rotatable bonds is 12. The molecule has 0 unspecified atom stereocenters. The molecule has 20 heteroatoms. The lowest BCUT2D eigenvalue weighted by Gasteiger charge is -2.20. The van der Waals surface area contributed by atoms with Gasteiger partial charge in [-0.2, -0.15) is 19.6 Å². The van der Waals surface area contributed by atoms with Gasteiger partial charge in [0.05, 0.1) is 29.0 Å². The van der Waals surface area contributed by atoms with Crippen molar-refractivity contribution in [3.05, 3.63) is 93.1 Å². The number of ether oxygens (including phenoxy) is 1. The van der Waals surface area contributed by atoms with E-state index in [0.717, 1.165) is 24.3 Å². The van der Waals surface area contributed by atoms with Gasteiger partial charge in [0, 0.05) is 22.4 Å². The molecule has 0 aliphatic heterocycles. The second-order valence-electron chi connectivity index (χ2n) is 8.49. The van der Waals surface area contributed by atoms with Crippen LogP contribution in [0, 0.1) is 51.7 Å². The number of thiophene rings is 1. The monoisotopic (exact) mass is 684 g/mol. The summed E-state index contributed by atoms with van der Waals surface area (Å²) in [5.74, 6) is -9.20. The molecule has 0 saturated heterocycles. The van der Waals surface area contributed by atoms with Gasteiger partial charge >= 0.3 is 7.60 Å². The van der Waals surface area contributed by atoms with Crippen LogP contribution in [0.5, 0.6) is 17.2 Å². The number of sulfonamides is 1. The van der Waals surface area contributed by atoms with Gasteiger partial charge in [-0.25, -0.2) is 30.5 Å². The summed E-state index contributed by atoms with van der Waals surface area (Å²) in [6.07, 6.45) is -1.22. The van der Waals surface area contributed by atoms with Crippen molar-refractivity contribution in [3.8, 4) is 29.4 Å². The van der Waals surface area contributed by atoms with Crippen molar-refractivity contribution in [3.63, 3.8) is 0 Å². The van der Waals surface area contributed by atoms with Gasteiger partial charge < -0.3 is 13.8 Å². The van der Waals surface area contributed by atoms with Crippen molar-refractivity contribution in [2.75, 3.05) is 19.4 Å². The summed E-state index contributed by atoms with van der Waals surface area (Å²) < 4.78 is 128. The topological polar surface area (TPSA) is 187 Å². The third kappa shape index (κ3) is 7.26. The summed E-state index contributed by atoms with van der Waals surface area (Å²) in [5.41, 5.74) is 7.48. The maximum absolute atomic E-state index is 15.0. The average Bonchev–Trinajstić information content (AvgIpc) is 3.46. The summed E-state index contributed by atoms with van der Waals surface area (Å²) in [6, 6.07) is 8.99. The van der Waals surface area contributed by atoms with E-state index in [1.54, 1.807) is 12.1 Å². The Balaban J connectivity index is 1.67. The van der Waals surface area contributed by atoms with Crippen molar-refractivity contribution in [2.24, 2.45) is 5.11 Å². The van der Waals surface area contributed by atoms with Gasteiger partial charge in [-0.05, 0) is 35.9 Å². The zero-order chi connectivity index (χ0) is 32.9. The lowest BCUT2D eigenvalue weighted by atomic mass is 10.2. The molecule has 0 spiro atoms. The highest BCUT2D eigenvalue weighted by Crippen LogP contribution is 2.48. The normalized spacial score (nSPS) is 11.4. The number of nitrogens with one attached hydrogen (secondary N) is 1. The van der Waals surface area contributed by atoms with Crippen molar-refractivity contribution < 1.29 is 48.7 Å². The number of nitriles is 2. The zero-order valence-corrected chi connectivity index (χ0v) is 24.5. The van der Waals surface area contributed by atoms with Crippen molar-refractivity contribution in [1.82, 2.24) is 4.72 Å². The third-order valence-electron chi connectivity index (χ3n) is 5.56. The van der Waals surface area contributed by atoms with E-state index >= 15 is 4.39 Å². The van der Waals surface area contributed by atoms with Crippen LogP contribution in [0.2, 0.25) is 0 Å². The van der Waals surface area contributed by atoms with Crippen LogP contribution in [0.25, 0.3) is 20.5 Å². The number of benzene rings is 3. The van der Waals surface area contributed by atoms with E-state index in [2.05, 4.69) is 10.0 Å². The molecule has 0 aliphatic carbocycles. The first-order valence-electron chi connectivity index (χ1n) is 11.9. The molecule has 0 bridgehead atoms. The summed E-state index contributed by atoms with van der Waals surface area (Å²) in [4.78, 5) is 2.43. The maximum atomic E-state index is 15.0. The second-order valence-corrected chi connectivity index (χ2v) is 13.4. The van der Waals surface area contributed by atoms with E-state index in [9.17, 15) is 30.5 Å². The highest BCUT2D eigenvalue weighted by atomic mass is 32.2. The zero-order valence-electron chi connectivity index (χ0n) is 22.0. The second kappa shape index (κ2) is 13.4. The molecule has 1 heterocycles. The Bertz CT molecular complexity index is 2040. The molecule has 4 aromatic rings. The van der Waals surface area contributed by atoms with Gasteiger partial charge in [0.25, 0.3) is 10.0 Å². The van der Waals surface area contributed by atoms with Crippen LogP contribution in [0.3, 0.4) is 0 Å². The third-order valence-corrected chi connectivity index (χ3v) is 10.3. The molecular formula is C25H14F5N6O6PS2. The Morgan fingerprint density at radius 3 is 2.02 bits per heavy atom. The highest BCUT2D eigenvalue weighted by Gasteiger charge is 2.33. The van der Waals surface area contributed by atoms with Gasteiger partial charge in [0.2, 0.25) is 5.82 Å². The largest absolute Gasteiger partial charge is 0.487 e. The molecule has 1 N–H and O–H groups in total. The van der Waals surface area contributed by atoms with Crippen molar-refractivity contribution >= 4 is 39.0 Å². The van der Waals surface area contributed by atoms with Gasteiger partial charge in [0.1, 0.15) is 45.8 Å². The molecule has 0 radical (unpaired) electrons. The quantitative estimate of drug-likeness (QED) is 0.0328. The first-order chi connectivity index (χ1) is 21.3. The average molecular weight is 685 g/mol. The van der Waals surface area contributed by atoms with E-state index in [1.165, 1.54) is 0 Å². The van der Waals surface area contributed by atoms with Crippen LogP contribution < -0.4 is 18.5 Å². The summed E-state index contributed by atoms with van der Waals surface area (Å²) in [6.45, 7) is -0.875. The molecule has 12 nitrogen and oxygen atoms in total. The number of azide groups is 1. The Kier molecular flexibility index (Phi) is 9.82. The van der Waals surface area contributed by atoms with Gasteiger partial charge in [-0.3, -0.25) is 0 Å². The lowest BCUT2D eigenvalue weighted by Crippen LogP contribution is -2.26. The molecule has 0 fully saturated rings. The molecule has 0 saturated carbocycles. The van der Waals surface area contributed by atoms with Crippen LogP contribution in [0.1, 0.15) is 11.1 Å². The highest BCUT2D eigenvalue weighted by molar-refractivity contribution is 7.92. The van der Waals surface area contributed by atoms with E-state index in [1.807, 2.05) is 4.72 Å². The van der Waals surface area contributed by atoms with Gasteiger partial charge in [-0.1, -0.05) is 5.11 Å². The standard InChI is InChI=1S/C25H14F5N6O6PS2/c26-18-7-15(3-1-13(18)10-31)41-43(37,42-16-4-2-14(11-32)19(27)8-16)12-35-45(38,39)20-9-17-21(28)22(29)24(23(30)25(17)44-20)40-6-5-34-36-33/h1-4,7-9,35H,5-6,12H2. The van der Waals surface area contributed by atoms with Gasteiger partial charge in [0.15, 0.2) is 17.4 Å². The van der Waals surface area contributed by atoms with Crippen molar-refractivity contribution in [1.29, 1.82) is 10.5 Å². The number of fused-ring (bicyclic) bond motifs is 1. The Morgan fingerprint density at radius 2 is 1.51 bits per heavy atom. The summed E-state index contributed by atoms with van der Waals surface area (Å²) >= 11 is 0.156. The molecule has 0 amide bonds. The summed E-state index contributed by atoms with van der Waals surface area (Å²) in [7, 11) is -9.61. The molecular weight excluding hydrogens is 670 g/mol. The minimum Gasteiger partial charge on any atom is -0.487 e. The van der Waals surface area contributed by atoms with Crippen molar-refractivity contribution in [2.45, 2.75) is 4.21 Å². The van der Waals surface area contributed by atoms with Crippen LogP contribution >= 0.6 is 18.9 Å². The smallest absolute Gasteiger partial charge is 0.445 e.